The molecule has 0 spiro atoms. The number of carbonyl (C=O) groups excluding carboxylic acids is 2. The van der Waals surface area contributed by atoms with Crippen molar-refractivity contribution in [2.75, 3.05) is 20.1 Å². The second kappa shape index (κ2) is 8.32. The third-order valence-electron chi connectivity index (χ3n) is 5.12. The van der Waals surface area contributed by atoms with E-state index >= 15 is 0 Å². The van der Waals surface area contributed by atoms with Gasteiger partial charge in [-0.25, -0.2) is 8.42 Å². The summed E-state index contributed by atoms with van der Waals surface area (Å²) in [6.45, 7) is 3.65. The van der Waals surface area contributed by atoms with Crippen LogP contribution in [0.2, 0.25) is 0 Å². The average molecular weight is 407 g/mol. The summed E-state index contributed by atoms with van der Waals surface area (Å²) in [5, 5.41) is 5.43. The smallest absolute Gasteiger partial charge is 0.264 e. The van der Waals surface area contributed by atoms with Crippen LogP contribution < -0.4 is 10.6 Å². The Morgan fingerprint density at radius 3 is 2.50 bits per heavy atom. The monoisotopic (exact) mass is 406 g/mol. The molecule has 0 unspecified atom stereocenters. The molecule has 0 saturated carbocycles. The molecule has 2 N–H and O–H groups in total. The van der Waals surface area contributed by atoms with Crippen molar-refractivity contribution in [1.29, 1.82) is 0 Å². The van der Waals surface area contributed by atoms with Gasteiger partial charge in [0.25, 0.3) is 10.0 Å². The Morgan fingerprint density at radius 1 is 1.21 bits per heavy atom. The molecule has 152 valence electrons. The number of likely N-dealkylation sites (tertiary alicyclic amines) is 1. The van der Waals surface area contributed by atoms with Gasteiger partial charge in [0.1, 0.15) is 6.04 Å². The van der Waals surface area contributed by atoms with E-state index in [9.17, 15) is 18.0 Å². The molecule has 1 atom stereocenters. The number of piperidine rings is 1. The summed E-state index contributed by atoms with van der Waals surface area (Å²) in [6.07, 6.45) is 4.02. The molecule has 2 heterocycles. The first kappa shape index (κ1) is 20.3. The summed E-state index contributed by atoms with van der Waals surface area (Å²) in [7, 11) is -1.92. The second-order valence-corrected chi connectivity index (χ2v) is 9.18. The third kappa shape index (κ3) is 4.53. The van der Waals surface area contributed by atoms with Gasteiger partial charge in [0, 0.05) is 18.4 Å². The maximum atomic E-state index is 13.0. The highest BCUT2D eigenvalue weighted by Crippen LogP contribution is 2.23. The summed E-state index contributed by atoms with van der Waals surface area (Å²) in [5.74, 6) is -0.842. The lowest BCUT2D eigenvalue weighted by molar-refractivity contribution is -0.130. The first-order chi connectivity index (χ1) is 13.3. The van der Waals surface area contributed by atoms with Crippen LogP contribution in [-0.4, -0.2) is 61.7 Å². The zero-order valence-electron chi connectivity index (χ0n) is 16.1. The number of benzene rings is 1. The van der Waals surface area contributed by atoms with Crippen LogP contribution in [-0.2, 0) is 19.6 Å². The molecular formula is C19H26N4O4S. The Labute approximate surface area is 165 Å². The van der Waals surface area contributed by atoms with Gasteiger partial charge in [0.05, 0.1) is 11.3 Å². The number of hydrogen-bond donors (Lipinski definition) is 2. The van der Waals surface area contributed by atoms with Crippen LogP contribution in [0.5, 0.6) is 0 Å². The minimum Gasteiger partial charge on any atom is -0.353 e. The van der Waals surface area contributed by atoms with Crippen LogP contribution >= 0.6 is 0 Å². The molecule has 1 aromatic carbocycles. The molecule has 8 nitrogen and oxygen atoms in total. The summed E-state index contributed by atoms with van der Waals surface area (Å²) in [5.41, 5.74) is 0.930. The van der Waals surface area contributed by atoms with Crippen LogP contribution in [0, 0.1) is 6.92 Å². The number of nitrogens with one attached hydrogen (secondary N) is 2. The highest BCUT2D eigenvalue weighted by molar-refractivity contribution is 7.89. The van der Waals surface area contributed by atoms with Crippen molar-refractivity contribution in [2.45, 2.75) is 43.2 Å². The van der Waals surface area contributed by atoms with E-state index in [1.165, 1.54) is 24.5 Å². The Kier molecular flexibility index (Phi) is 6.04. The lowest BCUT2D eigenvalue weighted by Crippen LogP contribution is -2.52. The van der Waals surface area contributed by atoms with Crippen molar-refractivity contribution in [1.82, 2.24) is 19.8 Å². The molecule has 1 aromatic rings. The zero-order chi connectivity index (χ0) is 20.3. The highest BCUT2D eigenvalue weighted by Gasteiger charge is 2.37. The van der Waals surface area contributed by atoms with Crippen LogP contribution in [0.15, 0.2) is 41.6 Å². The SMILES string of the molecule is Cc1ccc(S(=O)(=O)N2C=CNC(=O)[C@H]2CC(=O)NC2CCN(C)CC2)cc1. The molecule has 2 aliphatic heterocycles. The maximum Gasteiger partial charge on any atom is 0.264 e. The fraction of sp³-hybridized carbons (Fsp3) is 0.474. The fourth-order valence-corrected chi connectivity index (χ4v) is 4.84. The minimum atomic E-state index is -3.95. The second-order valence-electron chi connectivity index (χ2n) is 7.34. The molecule has 9 heteroatoms. The maximum absolute atomic E-state index is 13.0. The van der Waals surface area contributed by atoms with Gasteiger partial charge in [-0.05, 0) is 52.0 Å². The molecule has 2 amide bonds. The third-order valence-corrected chi connectivity index (χ3v) is 6.91. The molecular weight excluding hydrogens is 380 g/mol. The Bertz CT molecular complexity index is 858. The number of rotatable bonds is 5. The van der Waals surface area contributed by atoms with Crippen LogP contribution in [0.1, 0.15) is 24.8 Å². The Balaban J connectivity index is 1.74. The van der Waals surface area contributed by atoms with Crippen LogP contribution in [0.25, 0.3) is 0 Å². The predicted molar refractivity (Wildman–Crippen MR) is 105 cm³/mol. The molecule has 0 aliphatic carbocycles. The molecule has 28 heavy (non-hydrogen) atoms. The molecule has 1 saturated heterocycles. The molecule has 3 rings (SSSR count). The lowest BCUT2D eigenvalue weighted by atomic mass is 10.0. The standard InChI is InChI=1S/C19H26N4O4S/c1-14-3-5-16(6-4-14)28(26,27)23-12-9-20-19(25)17(23)13-18(24)21-15-7-10-22(2)11-8-15/h3-6,9,12,15,17H,7-8,10-11,13H2,1-2H3,(H,20,25)(H,21,24)/t17-/m1/s1. The quantitative estimate of drug-likeness (QED) is 0.744. The van der Waals surface area contributed by atoms with E-state index in [0.29, 0.717) is 0 Å². The molecule has 0 aromatic heterocycles. The van der Waals surface area contributed by atoms with Gasteiger partial charge in [-0.15, -0.1) is 0 Å². The van der Waals surface area contributed by atoms with Crippen molar-refractivity contribution >= 4 is 21.8 Å². The van der Waals surface area contributed by atoms with Crippen molar-refractivity contribution in [2.24, 2.45) is 0 Å². The number of sulfonamides is 1. The van der Waals surface area contributed by atoms with Gasteiger partial charge in [-0.1, -0.05) is 17.7 Å². The first-order valence-electron chi connectivity index (χ1n) is 9.32. The van der Waals surface area contributed by atoms with Crippen molar-refractivity contribution in [3.8, 4) is 0 Å². The summed E-state index contributed by atoms with van der Waals surface area (Å²) in [4.78, 5) is 27.1. The van der Waals surface area contributed by atoms with Crippen LogP contribution in [0.3, 0.4) is 0 Å². The summed E-state index contributed by atoms with van der Waals surface area (Å²) in [6, 6.07) is 5.32. The normalized spacial score (nSPS) is 21.4. The Morgan fingerprint density at radius 2 is 1.86 bits per heavy atom. The van der Waals surface area contributed by atoms with Gasteiger partial charge < -0.3 is 15.5 Å². The van der Waals surface area contributed by atoms with Crippen molar-refractivity contribution in [3.63, 3.8) is 0 Å². The summed E-state index contributed by atoms with van der Waals surface area (Å²) < 4.78 is 27.0. The van der Waals surface area contributed by atoms with E-state index in [1.807, 2.05) is 14.0 Å². The molecule has 0 radical (unpaired) electrons. The number of amides is 2. The highest BCUT2D eigenvalue weighted by atomic mass is 32.2. The van der Waals surface area contributed by atoms with Crippen LogP contribution in [0.4, 0.5) is 0 Å². The van der Waals surface area contributed by atoms with E-state index in [1.54, 1.807) is 12.1 Å². The Hall–Kier alpha value is -2.39. The van der Waals surface area contributed by atoms with Gasteiger partial charge in [-0.3, -0.25) is 13.9 Å². The number of aryl methyl sites for hydroxylation is 1. The van der Waals surface area contributed by atoms with Crippen molar-refractivity contribution < 1.29 is 18.0 Å². The van der Waals surface area contributed by atoms with Gasteiger partial charge in [0.2, 0.25) is 11.8 Å². The van der Waals surface area contributed by atoms with Gasteiger partial charge >= 0.3 is 0 Å². The van der Waals surface area contributed by atoms with E-state index in [4.69, 9.17) is 0 Å². The van der Waals surface area contributed by atoms with Gasteiger partial charge in [-0.2, -0.15) is 0 Å². The molecule has 0 bridgehead atoms. The van der Waals surface area contributed by atoms with Crippen molar-refractivity contribution in [3.05, 3.63) is 42.2 Å². The van der Waals surface area contributed by atoms with Gasteiger partial charge in [0.15, 0.2) is 0 Å². The number of carbonyl (C=O) groups is 2. The van der Waals surface area contributed by atoms with E-state index < -0.39 is 22.0 Å². The van der Waals surface area contributed by atoms with E-state index in [2.05, 4.69) is 15.5 Å². The first-order valence-corrected chi connectivity index (χ1v) is 10.8. The topological polar surface area (TPSA) is 98.8 Å². The zero-order valence-corrected chi connectivity index (χ0v) is 16.9. The largest absolute Gasteiger partial charge is 0.353 e. The average Bonchev–Trinajstić information content (AvgIpc) is 2.65. The number of hydrogen-bond acceptors (Lipinski definition) is 5. The summed E-state index contributed by atoms with van der Waals surface area (Å²) >= 11 is 0. The minimum absolute atomic E-state index is 0.0491. The molecule has 1 fully saturated rings. The predicted octanol–water partition coefficient (Wildman–Crippen LogP) is 0.556. The number of nitrogens with zero attached hydrogens (tertiary/aromatic N) is 2. The molecule has 2 aliphatic rings. The lowest BCUT2D eigenvalue weighted by Gasteiger charge is -2.32. The van der Waals surface area contributed by atoms with E-state index in [0.717, 1.165) is 35.8 Å². The fourth-order valence-electron chi connectivity index (χ4n) is 3.39. The van der Waals surface area contributed by atoms with E-state index in [-0.39, 0.29) is 23.3 Å².